The second-order valence-electron chi connectivity index (χ2n) is 4.92. The first-order valence-electron chi connectivity index (χ1n) is 6.44. The zero-order valence-electron chi connectivity index (χ0n) is 10.9. The van der Waals surface area contributed by atoms with E-state index in [9.17, 15) is 13.2 Å². The van der Waals surface area contributed by atoms with Crippen LogP contribution in [0.1, 0.15) is 24.8 Å². The average molecular weight is 295 g/mol. The van der Waals surface area contributed by atoms with Gasteiger partial charge in [-0.05, 0) is 30.9 Å². The fourth-order valence-electron chi connectivity index (χ4n) is 2.32. The van der Waals surface area contributed by atoms with Gasteiger partial charge in [-0.2, -0.15) is 0 Å². The number of aliphatic carboxylic acids is 1. The fraction of sp³-hybridized carbons (Fsp3) is 0.357. The smallest absolute Gasteiger partial charge is 0.306 e. The highest BCUT2D eigenvalue weighted by Crippen LogP contribution is 2.26. The zero-order valence-corrected chi connectivity index (χ0v) is 11.7. The van der Waals surface area contributed by atoms with Crippen molar-refractivity contribution in [1.82, 2.24) is 4.72 Å². The number of sulfonamides is 1. The van der Waals surface area contributed by atoms with Gasteiger partial charge >= 0.3 is 5.97 Å². The third-order valence-electron chi connectivity index (χ3n) is 3.35. The third kappa shape index (κ3) is 4.18. The highest BCUT2D eigenvalue weighted by molar-refractivity contribution is 7.92. The Morgan fingerprint density at radius 2 is 1.95 bits per heavy atom. The molecule has 108 valence electrons. The lowest BCUT2D eigenvalue weighted by molar-refractivity contribution is -0.141. The normalized spacial score (nSPS) is 23.2. The molecule has 0 aliphatic heterocycles. The molecule has 1 fully saturated rings. The van der Waals surface area contributed by atoms with Crippen LogP contribution in [-0.4, -0.2) is 25.5 Å². The molecule has 0 spiro atoms. The number of hydrogen-bond donors (Lipinski definition) is 2. The van der Waals surface area contributed by atoms with Gasteiger partial charge in [-0.15, -0.1) is 0 Å². The predicted octanol–water partition coefficient (Wildman–Crippen LogP) is 1.83. The number of nitrogens with one attached hydrogen (secondary N) is 1. The minimum absolute atomic E-state index is 0.290. The molecule has 1 aromatic rings. The summed E-state index contributed by atoms with van der Waals surface area (Å²) in [6.07, 6.45) is 2.96. The summed E-state index contributed by atoms with van der Waals surface area (Å²) >= 11 is 0. The van der Waals surface area contributed by atoms with Gasteiger partial charge in [0.2, 0.25) is 10.0 Å². The maximum atomic E-state index is 11.9. The summed E-state index contributed by atoms with van der Waals surface area (Å²) in [4.78, 5) is 10.8. The van der Waals surface area contributed by atoms with Crippen molar-refractivity contribution < 1.29 is 18.3 Å². The van der Waals surface area contributed by atoms with Gasteiger partial charge in [0.25, 0.3) is 0 Å². The predicted molar refractivity (Wildman–Crippen MR) is 76.3 cm³/mol. The Bertz CT molecular complexity index is 595. The average Bonchev–Trinajstić information content (AvgIpc) is 2.86. The van der Waals surface area contributed by atoms with Crippen LogP contribution in [0.5, 0.6) is 0 Å². The molecule has 1 aliphatic carbocycles. The van der Waals surface area contributed by atoms with Gasteiger partial charge in [-0.3, -0.25) is 4.79 Å². The monoisotopic (exact) mass is 295 g/mol. The lowest BCUT2D eigenvalue weighted by atomic mass is 10.1. The Morgan fingerprint density at radius 1 is 1.25 bits per heavy atom. The van der Waals surface area contributed by atoms with Crippen LogP contribution >= 0.6 is 0 Å². The molecule has 0 heterocycles. The number of carboxylic acid groups (broad SMARTS) is 1. The van der Waals surface area contributed by atoms with E-state index in [0.717, 1.165) is 11.0 Å². The molecule has 20 heavy (non-hydrogen) atoms. The van der Waals surface area contributed by atoms with Crippen molar-refractivity contribution in [1.29, 1.82) is 0 Å². The molecule has 5 nitrogen and oxygen atoms in total. The maximum absolute atomic E-state index is 11.9. The first-order valence-corrected chi connectivity index (χ1v) is 7.99. The summed E-state index contributed by atoms with van der Waals surface area (Å²) in [5, 5.41) is 10.0. The molecule has 1 aromatic carbocycles. The molecule has 0 radical (unpaired) electrons. The van der Waals surface area contributed by atoms with E-state index in [1.807, 2.05) is 30.3 Å². The quantitative estimate of drug-likeness (QED) is 0.868. The van der Waals surface area contributed by atoms with Gasteiger partial charge in [-0.25, -0.2) is 13.1 Å². The minimum atomic E-state index is -3.54. The van der Waals surface area contributed by atoms with E-state index in [2.05, 4.69) is 4.72 Å². The summed E-state index contributed by atoms with van der Waals surface area (Å²) in [6.45, 7) is 0. The fourth-order valence-corrected chi connectivity index (χ4v) is 3.41. The lowest BCUT2D eigenvalue weighted by Crippen LogP contribution is -2.31. The summed E-state index contributed by atoms with van der Waals surface area (Å²) in [7, 11) is -3.54. The molecule has 6 heteroatoms. The molecule has 1 saturated carbocycles. The van der Waals surface area contributed by atoms with Gasteiger partial charge in [-0.1, -0.05) is 30.3 Å². The van der Waals surface area contributed by atoms with Crippen molar-refractivity contribution >= 4 is 22.1 Å². The molecule has 1 aliphatic rings. The van der Waals surface area contributed by atoms with E-state index in [1.165, 1.54) is 6.08 Å². The molecule has 0 unspecified atom stereocenters. The van der Waals surface area contributed by atoms with Crippen molar-refractivity contribution in [2.45, 2.75) is 25.3 Å². The lowest BCUT2D eigenvalue weighted by Gasteiger charge is -2.10. The largest absolute Gasteiger partial charge is 0.481 e. The van der Waals surface area contributed by atoms with Gasteiger partial charge in [0, 0.05) is 11.4 Å². The molecule has 2 atom stereocenters. The summed E-state index contributed by atoms with van der Waals surface area (Å²) in [5.41, 5.74) is 0.799. The van der Waals surface area contributed by atoms with E-state index in [4.69, 9.17) is 5.11 Å². The second-order valence-corrected chi connectivity index (χ2v) is 6.52. The third-order valence-corrected chi connectivity index (χ3v) is 4.51. The van der Waals surface area contributed by atoms with Gasteiger partial charge in [0.05, 0.1) is 5.92 Å². The van der Waals surface area contributed by atoms with Crippen molar-refractivity contribution in [2.24, 2.45) is 5.92 Å². The maximum Gasteiger partial charge on any atom is 0.306 e. The summed E-state index contributed by atoms with van der Waals surface area (Å²) < 4.78 is 26.3. The van der Waals surface area contributed by atoms with Crippen LogP contribution in [0.3, 0.4) is 0 Å². The molecule has 2 rings (SSSR count). The Labute approximate surface area is 118 Å². The summed E-state index contributed by atoms with van der Waals surface area (Å²) in [5.74, 6) is -1.30. The number of rotatable bonds is 5. The number of carbonyl (C=O) groups is 1. The van der Waals surface area contributed by atoms with Crippen molar-refractivity contribution in [3.8, 4) is 0 Å². The van der Waals surface area contributed by atoms with Crippen LogP contribution in [0.25, 0.3) is 6.08 Å². The Morgan fingerprint density at radius 3 is 2.55 bits per heavy atom. The van der Waals surface area contributed by atoms with Gasteiger partial charge < -0.3 is 5.11 Å². The second kappa shape index (κ2) is 6.19. The zero-order chi connectivity index (χ0) is 14.6. The van der Waals surface area contributed by atoms with Crippen LogP contribution in [0.2, 0.25) is 0 Å². The van der Waals surface area contributed by atoms with Crippen LogP contribution in [0.4, 0.5) is 0 Å². The van der Waals surface area contributed by atoms with Crippen LogP contribution in [0.15, 0.2) is 35.7 Å². The number of hydrogen-bond acceptors (Lipinski definition) is 3. The molecule has 0 bridgehead atoms. The molecule has 0 saturated heterocycles. The molecular weight excluding hydrogens is 278 g/mol. The molecule has 0 aromatic heterocycles. The van der Waals surface area contributed by atoms with E-state index in [0.29, 0.717) is 19.3 Å². The van der Waals surface area contributed by atoms with Gasteiger partial charge in [0.1, 0.15) is 0 Å². The highest BCUT2D eigenvalue weighted by Gasteiger charge is 2.31. The Kier molecular flexibility index (Phi) is 4.57. The molecule has 0 amide bonds. The van der Waals surface area contributed by atoms with Crippen LogP contribution in [0, 0.1) is 5.92 Å². The first kappa shape index (κ1) is 14.7. The summed E-state index contributed by atoms with van der Waals surface area (Å²) in [6, 6.07) is 8.84. The minimum Gasteiger partial charge on any atom is -0.481 e. The number of carboxylic acids is 1. The Balaban J connectivity index is 1.95. The highest BCUT2D eigenvalue weighted by atomic mass is 32.2. The molecular formula is C14H17NO4S. The first-order chi connectivity index (χ1) is 9.46. The number of benzene rings is 1. The SMILES string of the molecule is O=C(O)[C@@H]1CC[C@H](NS(=O)(=O)/C=C/c2ccccc2)C1. The van der Waals surface area contributed by atoms with E-state index in [-0.39, 0.29) is 6.04 Å². The van der Waals surface area contributed by atoms with Crippen molar-refractivity contribution in [2.75, 3.05) is 0 Å². The van der Waals surface area contributed by atoms with Crippen molar-refractivity contribution in [3.63, 3.8) is 0 Å². The van der Waals surface area contributed by atoms with Crippen molar-refractivity contribution in [3.05, 3.63) is 41.3 Å². The topological polar surface area (TPSA) is 83.5 Å². The molecule has 2 N–H and O–H groups in total. The van der Waals surface area contributed by atoms with Crippen LogP contribution in [-0.2, 0) is 14.8 Å². The van der Waals surface area contributed by atoms with Gasteiger partial charge in [0.15, 0.2) is 0 Å². The van der Waals surface area contributed by atoms with Crippen LogP contribution < -0.4 is 4.72 Å². The van der Waals surface area contributed by atoms with E-state index < -0.39 is 21.9 Å². The standard InChI is InChI=1S/C14H17NO4S/c16-14(17)12-6-7-13(10-12)15-20(18,19)9-8-11-4-2-1-3-5-11/h1-5,8-9,12-13,15H,6-7,10H2,(H,16,17)/b9-8+/t12-,13+/m1/s1. The van der Waals surface area contributed by atoms with E-state index in [1.54, 1.807) is 0 Å². The van der Waals surface area contributed by atoms with E-state index >= 15 is 0 Å². The Hall–Kier alpha value is -1.66.